The molecule has 0 saturated carbocycles. The Morgan fingerprint density at radius 3 is 2.93 bits per heavy atom. The first-order valence-electron chi connectivity index (χ1n) is 4.84. The number of aryl methyl sites for hydroxylation is 1. The Hall–Kier alpha value is -1.38. The SMILES string of the molecule is Cc1ccc(C(=O)N2[CH]CCC2)cn1. The molecule has 0 unspecified atom stereocenters. The van der Waals surface area contributed by atoms with Gasteiger partial charge in [-0.05, 0) is 31.9 Å². The van der Waals surface area contributed by atoms with Crippen molar-refractivity contribution in [3.05, 3.63) is 36.1 Å². The van der Waals surface area contributed by atoms with Gasteiger partial charge in [-0.2, -0.15) is 0 Å². The summed E-state index contributed by atoms with van der Waals surface area (Å²) in [6, 6.07) is 3.69. The van der Waals surface area contributed by atoms with Crippen molar-refractivity contribution in [1.29, 1.82) is 0 Å². The first kappa shape index (κ1) is 9.19. The molecule has 0 spiro atoms. The molecule has 3 heteroatoms. The lowest BCUT2D eigenvalue weighted by Gasteiger charge is -2.14. The maximum absolute atomic E-state index is 11.8. The maximum atomic E-state index is 11.8. The van der Waals surface area contributed by atoms with Crippen LogP contribution in [-0.2, 0) is 0 Å². The predicted molar refractivity (Wildman–Crippen MR) is 53.5 cm³/mol. The van der Waals surface area contributed by atoms with Gasteiger partial charge in [-0.1, -0.05) is 0 Å². The van der Waals surface area contributed by atoms with Gasteiger partial charge >= 0.3 is 0 Å². The van der Waals surface area contributed by atoms with Gasteiger partial charge in [-0.15, -0.1) is 0 Å². The van der Waals surface area contributed by atoms with E-state index < -0.39 is 0 Å². The van der Waals surface area contributed by atoms with E-state index >= 15 is 0 Å². The van der Waals surface area contributed by atoms with E-state index in [9.17, 15) is 4.79 Å². The number of likely N-dealkylation sites (tertiary alicyclic amines) is 1. The number of carbonyl (C=O) groups excluding carboxylic acids is 1. The summed E-state index contributed by atoms with van der Waals surface area (Å²) in [5.41, 5.74) is 1.61. The average Bonchev–Trinajstić information content (AvgIpc) is 2.71. The lowest BCUT2D eigenvalue weighted by Crippen LogP contribution is -2.24. The second kappa shape index (κ2) is 3.78. The summed E-state index contributed by atoms with van der Waals surface area (Å²) < 4.78 is 0. The van der Waals surface area contributed by atoms with Crippen molar-refractivity contribution < 1.29 is 4.79 Å². The summed E-state index contributed by atoms with van der Waals surface area (Å²) in [5, 5.41) is 0. The van der Waals surface area contributed by atoms with E-state index in [0.717, 1.165) is 25.1 Å². The lowest BCUT2D eigenvalue weighted by atomic mass is 10.2. The third kappa shape index (κ3) is 1.76. The van der Waals surface area contributed by atoms with Crippen LogP contribution in [-0.4, -0.2) is 22.3 Å². The molecule has 0 bridgehead atoms. The third-order valence-corrected chi connectivity index (χ3v) is 2.37. The molecule has 0 aromatic carbocycles. The monoisotopic (exact) mass is 189 g/mol. The molecular weight excluding hydrogens is 176 g/mol. The molecule has 2 heterocycles. The Bertz CT molecular complexity index is 326. The summed E-state index contributed by atoms with van der Waals surface area (Å²) in [6.45, 7) is 4.71. The quantitative estimate of drug-likeness (QED) is 0.674. The molecule has 1 fully saturated rings. The van der Waals surface area contributed by atoms with Crippen LogP contribution in [0.2, 0.25) is 0 Å². The van der Waals surface area contributed by atoms with Gasteiger partial charge in [-0.3, -0.25) is 9.78 Å². The van der Waals surface area contributed by atoms with Gasteiger partial charge in [0.25, 0.3) is 5.91 Å². The van der Waals surface area contributed by atoms with Gasteiger partial charge in [0.1, 0.15) is 0 Å². The van der Waals surface area contributed by atoms with Gasteiger partial charge in [-0.25, -0.2) is 0 Å². The molecule has 1 radical (unpaired) electrons. The highest BCUT2D eigenvalue weighted by atomic mass is 16.2. The number of aromatic nitrogens is 1. The van der Waals surface area contributed by atoms with Crippen molar-refractivity contribution in [3.8, 4) is 0 Å². The fourth-order valence-electron chi connectivity index (χ4n) is 1.54. The Labute approximate surface area is 83.8 Å². The predicted octanol–water partition coefficient (Wildman–Crippen LogP) is 1.79. The van der Waals surface area contributed by atoms with Gasteiger partial charge in [0.15, 0.2) is 0 Å². The standard InChI is InChI=1S/C11H13N2O/c1-9-4-5-10(8-12-9)11(14)13-6-2-3-7-13/h4-6,8H,2-3,7H2,1H3. The van der Waals surface area contributed by atoms with Gasteiger partial charge in [0.2, 0.25) is 0 Å². The topological polar surface area (TPSA) is 33.2 Å². The van der Waals surface area contributed by atoms with Crippen molar-refractivity contribution in [3.63, 3.8) is 0 Å². The van der Waals surface area contributed by atoms with Crippen LogP contribution in [0, 0.1) is 13.5 Å². The number of nitrogens with zero attached hydrogens (tertiary/aromatic N) is 2. The number of hydrogen-bond acceptors (Lipinski definition) is 2. The second-order valence-corrected chi connectivity index (χ2v) is 3.51. The number of pyridine rings is 1. The average molecular weight is 189 g/mol. The minimum absolute atomic E-state index is 0.0648. The molecular formula is C11H13N2O. The van der Waals surface area contributed by atoms with E-state index in [1.54, 1.807) is 11.1 Å². The highest BCUT2D eigenvalue weighted by molar-refractivity contribution is 5.94. The van der Waals surface area contributed by atoms with Crippen LogP contribution in [0.15, 0.2) is 18.3 Å². The minimum Gasteiger partial charge on any atom is -0.334 e. The highest BCUT2D eigenvalue weighted by Crippen LogP contribution is 2.15. The first-order valence-corrected chi connectivity index (χ1v) is 4.84. The lowest BCUT2D eigenvalue weighted by molar-refractivity contribution is 0.0820. The van der Waals surface area contributed by atoms with Crippen molar-refractivity contribution in [1.82, 2.24) is 9.88 Å². The van der Waals surface area contributed by atoms with Crippen molar-refractivity contribution in [2.24, 2.45) is 0 Å². The molecule has 1 aliphatic rings. The molecule has 3 nitrogen and oxygen atoms in total. The zero-order chi connectivity index (χ0) is 9.97. The van der Waals surface area contributed by atoms with Gasteiger partial charge < -0.3 is 4.90 Å². The summed E-state index contributed by atoms with van der Waals surface area (Å²) in [4.78, 5) is 17.7. The van der Waals surface area contributed by atoms with Gasteiger partial charge in [0.05, 0.1) is 12.1 Å². The van der Waals surface area contributed by atoms with E-state index in [1.807, 2.05) is 25.6 Å². The minimum atomic E-state index is 0.0648. The largest absolute Gasteiger partial charge is 0.334 e. The zero-order valence-corrected chi connectivity index (χ0v) is 8.23. The molecule has 1 aromatic heterocycles. The second-order valence-electron chi connectivity index (χ2n) is 3.51. The summed E-state index contributed by atoms with van der Waals surface area (Å²) in [5.74, 6) is 0.0648. The molecule has 0 N–H and O–H groups in total. The van der Waals surface area contributed by atoms with Crippen molar-refractivity contribution >= 4 is 5.91 Å². The van der Waals surface area contributed by atoms with E-state index in [4.69, 9.17) is 0 Å². The fourth-order valence-corrected chi connectivity index (χ4v) is 1.54. The number of amides is 1. The van der Waals surface area contributed by atoms with E-state index in [1.165, 1.54) is 0 Å². The molecule has 0 aliphatic carbocycles. The Morgan fingerprint density at radius 2 is 2.36 bits per heavy atom. The van der Waals surface area contributed by atoms with Crippen LogP contribution in [0.25, 0.3) is 0 Å². The zero-order valence-electron chi connectivity index (χ0n) is 8.23. The highest BCUT2D eigenvalue weighted by Gasteiger charge is 2.19. The van der Waals surface area contributed by atoms with Crippen molar-refractivity contribution in [2.45, 2.75) is 19.8 Å². The molecule has 1 aromatic rings. The van der Waals surface area contributed by atoms with Crippen molar-refractivity contribution in [2.75, 3.05) is 6.54 Å². The Morgan fingerprint density at radius 1 is 1.50 bits per heavy atom. The normalized spacial score (nSPS) is 15.9. The number of rotatable bonds is 1. The van der Waals surface area contributed by atoms with Gasteiger partial charge in [0, 0.05) is 18.4 Å². The third-order valence-electron chi connectivity index (χ3n) is 2.37. The van der Waals surface area contributed by atoms with Crippen LogP contribution in [0.5, 0.6) is 0 Å². The Balaban J connectivity index is 2.14. The summed E-state index contributed by atoms with van der Waals surface area (Å²) >= 11 is 0. The number of hydrogen-bond donors (Lipinski definition) is 0. The molecule has 14 heavy (non-hydrogen) atoms. The van der Waals surface area contributed by atoms with E-state index in [0.29, 0.717) is 5.56 Å². The molecule has 1 aliphatic heterocycles. The first-order chi connectivity index (χ1) is 6.77. The molecule has 1 saturated heterocycles. The molecule has 73 valence electrons. The fraction of sp³-hybridized carbons (Fsp3) is 0.364. The van der Waals surface area contributed by atoms with E-state index in [-0.39, 0.29) is 5.91 Å². The van der Waals surface area contributed by atoms with Crippen LogP contribution >= 0.6 is 0 Å². The number of carbonyl (C=O) groups is 1. The smallest absolute Gasteiger partial charge is 0.255 e. The maximum Gasteiger partial charge on any atom is 0.255 e. The van der Waals surface area contributed by atoms with Crippen LogP contribution in [0.4, 0.5) is 0 Å². The Kier molecular flexibility index (Phi) is 2.48. The summed E-state index contributed by atoms with van der Waals surface area (Å²) in [7, 11) is 0. The van der Waals surface area contributed by atoms with Crippen LogP contribution < -0.4 is 0 Å². The van der Waals surface area contributed by atoms with Crippen LogP contribution in [0.1, 0.15) is 28.9 Å². The summed E-state index contributed by atoms with van der Waals surface area (Å²) in [6.07, 6.45) is 3.72. The molecule has 0 atom stereocenters. The molecule has 1 amide bonds. The molecule has 2 rings (SSSR count). The van der Waals surface area contributed by atoms with E-state index in [2.05, 4.69) is 4.98 Å². The van der Waals surface area contributed by atoms with Crippen LogP contribution in [0.3, 0.4) is 0 Å².